The fraction of sp³-hybridized carbons (Fsp3) is 0.450. The second kappa shape index (κ2) is 8.01. The molecule has 3 heterocycles. The highest BCUT2D eigenvalue weighted by molar-refractivity contribution is 8.01. The highest BCUT2D eigenvalue weighted by Crippen LogP contribution is 2.50. The summed E-state index contributed by atoms with van der Waals surface area (Å²) in [6, 6.07) is 4.14. The maximum Gasteiger partial charge on any atom is 0.327 e. The van der Waals surface area contributed by atoms with Crippen molar-refractivity contribution >= 4 is 41.6 Å². The van der Waals surface area contributed by atoms with Gasteiger partial charge in [0.1, 0.15) is 23.5 Å². The van der Waals surface area contributed by atoms with Gasteiger partial charge in [0.25, 0.3) is 0 Å². The molecule has 0 aliphatic carbocycles. The van der Waals surface area contributed by atoms with E-state index in [1.165, 1.54) is 16.7 Å². The molecule has 12 heteroatoms. The summed E-state index contributed by atoms with van der Waals surface area (Å²) in [5, 5.41) is 16.8. The molecule has 0 bridgehead atoms. The minimum absolute atomic E-state index is 0.175. The maximum atomic E-state index is 13.1. The summed E-state index contributed by atoms with van der Waals surface area (Å²) in [5.74, 6) is -2.20. The van der Waals surface area contributed by atoms with Crippen molar-refractivity contribution in [1.82, 2.24) is 25.8 Å². The van der Waals surface area contributed by atoms with Gasteiger partial charge in [0.15, 0.2) is 0 Å². The molecule has 11 nitrogen and oxygen atoms in total. The van der Waals surface area contributed by atoms with Crippen LogP contribution in [0.4, 0.5) is 9.59 Å². The zero-order chi connectivity index (χ0) is 23.2. The molecule has 1 aromatic carbocycles. The lowest BCUT2D eigenvalue weighted by atomic mass is 9.95. The minimum Gasteiger partial charge on any atom is -0.480 e. The molecule has 0 unspecified atom stereocenters. The number of nitrogens with one attached hydrogen (secondary N) is 3. The van der Waals surface area contributed by atoms with Crippen molar-refractivity contribution in [2.45, 2.75) is 42.1 Å². The fourth-order valence-corrected chi connectivity index (χ4v) is 5.82. The van der Waals surface area contributed by atoms with E-state index in [1.807, 2.05) is 0 Å². The molecule has 170 valence electrons. The number of β-lactam (4-membered cyclic amide) rings is 1. The summed E-state index contributed by atoms with van der Waals surface area (Å²) >= 11 is 1.31. The molecule has 0 aromatic heterocycles. The van der Waals surface area contributed by atoms with Crippen LogP contribution in [0.3, 0.4) is 0 Å². The van der Waals surface area contributed by atoms with E-state index in [2.05, 4.69) is 16.0 Å². The van der Waals surface area contributed by atoms with Crippen molar-refractivity contribution in [1.29, 1.82) is 0 Å². The van der Waals surface area contributed by atoms with E-state index in [-0.39, 0.29) is 6.54 Å². The normalized spacial score (nSPS) is 26.6. The van der Waals surface area contributed by atoms with Crippen LogP contribution in [0.25, 0.3) is 0 Å². The SMILES string of the molecule is CC1(C)S[C@@H]2[C@H](NC(=O)[C@@H](NC(=O)N3CCNC3=O)c3ccccc3)C(=O)N2[C@@H]1C(=O)O. The molecular weight excluding hydrogens is 438 g/mol. The fourth-order valence-electron chi connectivity index (χ4n) is 4.19. The number of fused-ring (bicyclic) bond motifs is 1. The number of carboxylic acids is 1. The molecule has 3 aliphatic rings. The quantitative estimate of drug-likeness (QED) is 0.454. The van der Waals surface area contributed by atoms with Crippen molar-refractivity contribution in [2.75, 3.05) is 13.1 Å². The second-order valence-electron chi connectivity index (χ2n) is 8.26. The molecule has 3 fully saturated rings. The van der Waals surface area contributed by atoms with Gasteiger partial charge in [0.2, 0.25) is 11.8 Å². The smallest absolute Gasteiger partial charge is 0.327 e. The average molecular weight is 462 g/mol. The van der Waals surface area contributed by atoms with E-state index < -0.39 is 58.1 Å². The van der Waals surface area contributed by atoms with Gasteiger partial charge >= 0.3 is 18.0 Å². The lowest BCUT2D eigenvalue weighted by molar-refractivity contribution is -0.161. The number of carbonyl (C=O) groups is 5. The topological polar surface area (TPSA) is 148 Å². The molecule has 0 spiro atoms. The molecule has 3 aliphatic heterocycles. The number of urea groups is 2. The van der Waals surface area contributed by atoms with E-state index in [0.29, 0.717) is 12.1 Å². The Morgan fingerprint density at radius 3 is 2.50 bits per heavy atom. The summed E-state index contributed by atoms with van der Waals surface area (Å²) in [4.78, 5) is 64.2. The van der Waals surface area contributed by atoms with Crippen molar-refractivity contribution in [3.05, 3.63) is 35.9 Å². The van der Waals surface area contributed by atoms with Gasteiger partial charge in [-0.15, -0.1) is 11.8 Å². The Hall–Kier alpha value is -3.28. The molecule has 4 N–H and O–H groups in total. The third-order valence-corrected chi connectivity index (χ3v) is 7.31. The summed E-state index contributed by atoms with van der Waals surface area (Å²) in [6.45, 7) is 3.98. The van der Waals surface area contributed by atoms with Crippen LogP contribution in [0.2, 0.25) is 0 Å². The molecule has 1 aromatic rings. The zero-order valence-electron chi connectivity index (χ0n) is 17.4. The van der Waals surface area contributed by atoms with Crippen LogP contribution in [-0.2, 0) is 14.4 Å². The maximum absolute atomic E-state index is 13.1. The Morgan fingerprint density at radius 1 is 1.22 bits per heavy atom. The molecule has 4 atom stereocenters. The minimum atomic E-state index is -1.14. The number of hydrogen-bond donors (Lipinski definition) is 4. The third kappa shape index (κ3) is 3.64. The van der Waals surface area contributed by atoms with E-state index in [9.17, 15) is 29.1 Å². The van der Waals surface area contributed by atoms with E-state index in [4.69, 9.17) is 0 Å². The first kappa shape index (κ1) is 21.9. The highest BCUT2D eigenvalue weighted by atomic mass is 32.2. The largest absolute Gasteiger partial charge is 0.480 e. The number of amides is 6. The van der Waals surface area contributed by atoms with Gasteiger partial charge in [-0.25, -0.2) is 19.3 Å². The van der Waals surface area contributed by atoms with Crippen LogP contribution in [0.1, 0.15) is 25.5 Å². The summed E-state index contributed by atoms with van der Waals surface area (Å²) in [7, 11) is 0. The van der Waals surface area contributed by atoms with Crippen molar-refractivity contribution in [2.24, 2.45) is 0 Å². The van der Waals surface area contributed by atoms with E-state index in [0.717, 1.165) is 4.90 Å². The number of nitrogens with zero attached hydrogens (tertiary/aromatic N) is 2. The standard InChI is InChI=1S/C20H23N5O6S/c1-20(2)13(17(28)29)25-15(27)12(16(25)32-20)22-14(26)11(10-6-4-3-5-7-10)23-19(31)24-9-8-21-18(24)30/h3-7,11-13,16H,8-9H2,1-2H3,(H,21,30)(H,22,26)(H,23,31)(H,28,29)/t11-,12+,13+,16+/m0/s1. The molecule has 0 saturated carbocycles. The van der Waals surface area contributed by atoms with E-state index in [1.54, 1.807) is 44.2 Å². The van der Waals surface area contributed by atoms with Gasteiger partial charge in [0.05, 0.1) is 0 Å². The number of aliphatic carboxylic acids is 1. The number of thioether (sulfide) groups is 1. The van der Waals surface area contributed by atoms with Gasteiger partial charge in [-0.05, 0) is 19.4 Å². The molecule has 0 radical (unpaired) electrons. The summed E-state index contributed by atoms with van der Waals surface area (Å²) in [6.07, 6.45) is 0. The Balaban J connectivity index is 1.51. The molecule has 32 heavy (non-hydrogen) atoms. The number of imide groups is 1. The Kier molecular flexibility index (Phi) is 5.49. The van der Waals surface area contributed by atoms with E-state index >= 15 is 0 Å². The highest BCUT2D eigenvalue weighted by Gasteiger charge is 2.64. The number of benzene rings is 1. The number of carboxylic acid groups (broad SMARTS) is 1. The van der Waals surface area contributed by atoms with Crippen LogP contribution in [0, 0.1) is 0 Å². The Labute approximate surface area is 187 Å². The lowest BCUT2D eigenvalue weighted by Gasteiger charge is -2.44. The van der Waals surface area contributed by atoms with Crippen LogP contribution in [0.5, 0.6) is 0 Å². The van der Waals surface area contributed by atoms with Crippen molar-refractivity contribution < 1.29 is 29.1 Å². The Morgan fingerprint density at radius 2 is 1.91 bits per heavy atom. The van der Waals surface area contributed by atoms with Gasteiger partial charge in [-0.1, -0.05) is 30.3 Å². The first-order valence-electron chi connectivity index (χ1n) is 10.1. The average Bonchev–Trinajstić information content (AvgIpc) is 3.29. The predicted octanol–water partition coefficient (Wildman–Crippen LogP) is 0.0942. The zero-order valence-corrected chi connectivity index (χ0v) is 18.2. The molecule has 4 rings (SSSR count). The van der Waals surface area contributed by atoms with Crippen molar-refractivity contribution in [3.63, 3.8) is 0 Å². The molecule has 6 amide bonds. The third-order valence-electron chi connectivity index (χ3n) is 5.74. The summed E-state index contributed by atoms with van der Waals surface area (Å²) < 4.78 is -0.720. The number of carbonyl (C=O) groups excluding carboxylic acids is 4. The van der Waals surface area contributed by atoms with Crippen LogP contribution < -0.4 is 16.0 Å². The van der Waals surface area contributed by atoms with Crippen molar-refractivity contribution in [3.8, 4) is 0 Å². The van der Waals surface area contributed by atoms with Gasteiger partial charge < -0.3 is 26.0 Å². The Bertz CT molecular complexity index is 986. The monoisotopic (exact) mass is 461 g/mol. The molecular formula is C20H23N5O6S. The van der Waals surface area contributed by atoms with Crippen LogP contribution >= 0.6 is 11.8 Å². The number of rotatable bonds is 5. The molecule has 3 saturated heterocycles. The summed E-state index contributed by atoms with van der Waals surface area (Å²) in [5.41, 5.74) is 0.476. The van der Waals surface area contributed by atoms with Gasteiger partial charge in [0, 0.05) is 17.8 Å². The van der Waals surface area contributed by atoms with Gasteiger partial charge in [-0.3, -0.25) is 9.59 Å². The first-order chi connectivity index (χ1) is 15.1. The predicted molar refractivity (Wildman–Crippen MR) is 113 cm³/mol. The lowest BCUT2D eigenvalue weighted by Crippen LogP contribution is -2.71. The second-order valence-corrected chi connectivity index (χ2v) is 10.0. The number of hydrogen-bond acceptors (Lipinski definition) is 6. The first-order valence-corrected chi connectivity index (χ1v) is 10.9. The van der Waals surface area contributed by atoms with Crippen LogP contribution in [-0.4, -0.2) is 80.0 Å². The van der Waals surface area contributed by atoms with Gasteiger partial charge in [-0.2, -0.15) is 0 Å². The van der Waals surface area contributed by atoms with Crippen LogP contribution in [0.15, 0.2) is 30.3 Å².